The summed E-state index contributed by atoms with van der Waals surface area (Å²) in [4.78, 5) is 0. The highest BCUT2D eigenvalue weighted by atomic mass is 16.3. The Labute approximate surface area is 111 Å². The molecule has 3 rings (SSSR count). The molecule has 0 unspecified atom stereocenters. The fraction of sp³-hybridized carbons (Fsp3) is 0.0625. The molecule has 0 saturated carbocycles. The molecule has 0 spiro atoms. The number of phenolic OH excluding ortho intramolecular Hbond substituents is 1. The lowest BCUT2D eigenvalue weighted by atomic mass is 10.1. The van der Waals surface area contributed by atoms with E-state index < -0.39 is 0 Å². The lowest BCUT2D eigenvalue weighted by Gasteiger charge is -2.04. The summed E-state index contributed by atoms with van der Waals surface area (Å²) < 4.78 is 1.82. The Kier molecular flexibility index (Phi) is 2.80. The summed E-state index contributed by atoms with van der Waals surface area (Å²) in [5, 5.41) is 20.4. The molecule has 3 nitrogen and oxygen atoms in total. The molecule has 0 fully saturated rings. The van der Waals surface area contributed by atoms with Crippen LogP contribution in [0.1, 0.15) is 5.56 Å². The van der Waals surface area contributed by atoms with Crippen molar-refractivity contribution in [2.45, 2.75) is 6.54 Å². The van der Waals surface area contributed by atoms with Gasteiger partial charge in [0.25, 0.3) is 0 Å². The summed E-state index contributed by atoms with van der Waals surface area (Å²) in [6, 6.07) is 18.5. The molecule has 0 saturated heterocycles. The summed E-state index contributed by atoms with van der Waals surface area (Å²) in [6.07, 6.45) is 0. The van der Waals surface area contributed by atoms with Gasteiger partial charge in [-0.2, -0.15) is 4.57 Å². The van der Waals surface area contributed by atoms with Gasteiger partial charge in [0.05, 0.1) is 11.5 Å². The molecule has 0 aliphatic carbocycles. The minimum absolute atomic E-state index is 0.210. The number of benzene rings is 2. The summed E-state index contributed by atoms with van der Waals surface area (Å²) in [7, 11) is 0. The van der Waals surface area contributed by atoms with Gasteiger partial charge in [0, 0.05) is 11.6 Å². The van der Waals surface area contributed by atoms with E-state index in [2.05, 4.69) is 0 Å². The average molecular weight is 252 g/mol. The molecule has 3 aromatic rings. The van der Waals surface area contributed by atoms with E-state index in [1.165, 1.54) is 0 Å². The third kappa shape index (κ3) is 2.22. The topological polar surface area (TPSA) is 44.3 Å². The Morgan fingerprint density at radius 2 is 1.63 bits per heavy atom. The molecule has 3 heteroatoms. The standard InChI is InChI=1S/C16H13NO2/c18-14-7-8-15-13(10-14)6-9-16(19)17(15)11-12-4-2-1-3-5-12/h1-10,18H,11H2/p+1. The summed E-state index contributed by atoms with van der Waals surface area (Å²) in [6.45, 7) is 0.592. The van der Waals surface area contributed by atoms with Gasteiger partial charge in [0.15, 0.2) is 6.54 Å². The monoisotopic (exact) mass is 252 g/mol. The van der Waals surface area contributed by atoms with Crippen molar-refractivity contribution < 1.29 is 14.8 Å². The van der Waals surface area contributed by atoms with Crippen LogP contribution in [0.25, 0.3) is 10.9 Å². The van der Waals surface area contributed by atoms with Gasteiger partial charge >= 0.3 is 5.88 Å². The van der Waals surface area contributed by atoms with E-state index in [0.29, 0.717) is 6.54 Å². The highest BCUT2D eigenvalue weighted by molar-refractivity contribution is 5.77. The predicted octanol–water partition coefficient (Wildman–Crippen LogP) is 2.59. The molecular weight excluding hydrogens is 238 g/mol. The van der Waals surface area contributed by atoms with Crippen LogP contribution in [-0.2, 0) is 6.54 Å². The first-order valence-corrected chi connectivity index (χ1v) is 6.12. The van der Waals surface area contributed by atoms with Crippen LogP contribution < -0.4 is 4.57 Å². The van der Waals surface area contributed by atoms with E-state index in [4.69, 9.17) is 0 Å². The summed E-state index contributed by atoms with van der Waals surface area (Å²) in [5.41, 5.74) is 2.00. The van der Waals surface area contributed by atoms with Crippen molar-refractivity contribution in [2.24, 2.45) is 0 Å². The molecule has 2 aromatic carbocycles. The van der Waals surface area contributed by atoms with E-state index in [1.807, 2.05) is 41.0 Å². The number of fused-ring (bicyclic) bond motifs is 1. The second-order valence-electron chi connectivity index (χ2n) is 4.51. The van der Waals surface area contributed by atoms with Crippen molar-refractivity contribution >= 4 is 10.9 Å². The van der Waals surface area contributed by atoms with Crippen LogP contribution in [-0.4, -0.2) is 10.2 Å². The Bertz CT molecular complexity index is 723. The minimum Gasteiger partial charge on any atom is -0.508 e. The van der Waals surface area contributed by atoms with E-state index in [0.717, 1.165) is 16.5 Å². The van der Waals surface area contributed by atoms with Crippen molar-refractivity contribution in [1.29, 1.82) is 0 Å². The molecule has 0 aliphatic rings. The number of rotatable bonds is 2. The highest BCUT2D eigenvalue weighted by Gasteiger charge is 2.15. The Balaban J connectivity index is 2.14. The lowest BCUT2D eigenvalue weighted by molar-refractivity contribution is -0.668. The molecule has 19 heavy (non-hydrogen) atoms. The summed E-state index contributed by atoms with van der Waals surface area (Å²) >= 11 is 0. The van der Waals surface area contributed by atoms with Crippen LogP contribution in [0.15, 0.2) is 60.7 Å². The SMILES string of the molecule is Oc1ccc2c(ccc(O)[n+]2Cc2ccccc2)c1. The molecule has 1 heterocycles. The van der Waals surface area contributed by atoms with E-state index in [1.54, 1.807) is 24.3 Å². The van der Waals surface area contributed by atoms with Crippen molar-refractivity contribution in [3.05, 3.63) is 66.2 Å². The fourth-order valence-corrected chi connectivity index (χ4v) is 2.23. The number of hydrogen-bond donors (Lipinski definition) is 2. The van der Waals surface area contributed by atoms with Crippen LogP contribution >= 0.6 is 0 Å². The summed E-state index contributed by atoms with van der Waals surface area (Å²) in [5.74, 6) is 0.437. The zero-order chi connectivity index (χ0) is 13.2. The molecule has 94 valence electrons. The molecule has 0 atom stereocenters. The van der Waals surface area contributed by atoms with Crippen LogP contribution in [0, 0.1) is 0 Å². The molecule has 2 N–H and O–H groups in total. The third-order valence-electron chi connectivity index (χ3n) is 3.17. The van der Waals surface area contributed by atoms with Crippen LogP contribution in [0.5, 0.6) is 11.6 Å². The maximum absolute atomic E-state index is 10.0. The lowest BCUT2D eigenvalue weighted by Crippen LogP contribution is -2.35. The van der Waals surface area contributed by atoms with Gasteiger partial charge in [-0.05, 0) is 18.2 Å². The van der Waals surface area contributed by atoms with Crippen LogP contribution in [0.4, 0.5) is 0 Å². The Morgan fingerprint density at radius 3 is 2.42 bits per heavy atom. The minimum atomic E-state index is 0.210. The second-order valence-corrected chi connectivity index (χ2v) is 4.51. The molecular formula is C16H14NO2+. The first-order chi connectivity index (χ1) is 9.24. The molecule has 0 amide bonds. The van der Waals surface area contributed by atoms with Gasteiger partial charge in [-0.3, -0.25) is 0 Å². The van der Waals surface area contributed by atoms with Gasteiger partial charge in [0.2, 0.25) is 5.52 Å². The number of aromatic hydroxyl groups is 2. The first-order valence-electron chi connectivity index (χ1n) is 6.12. The third-order valence-corrected chi connectivity index (χ3v) is 3.17. The van der Waals surface area contributed by atoms with Gasteiger partial charge < -0.3 is 10.2 Å². The number of phenols is 1. The molecule has 1 aromatic heterocycles. The van der Waals surface area contributed by atoms with Gasteiger partial charge in [0.1, 0.15) is 5.75 Å². The number of pyridine rings is 1. The zero-order valence-corrected chi connectivity index (χ0v) is 10.3. The van der Waals surface area contributed by atoms with Gasteiger partial charge in [-0.25, -0.2) is 0 Å². The largest absolute Gasteiger partial charge is 0.508 e. The number of aromatic nitrogens is 1. The maximum atomic E-state index is 10.0. The van der Waals surface area contributed by atoms with Crippen LogP contribution in [0.3, 0.4) is 0 Å². The quantitative estimate of drug-likeness (QED) is 0.688. The first kappa shape index (κ1) is 11.5. The van der Waals surface area contributed by atoms with E-state index in [-0.39, 0.29) is 11.6 Å². The molecule has 0 radical (unpaired) electrons. The van der Waals surface area contributed by atoms with Crippen molar-refractivity contribution in [3.63, 3.8) is 0 Å². The average Bonchev–Trinajstić information content (AvgIpc) is 2.43. The van der Waals surface area contributed by atoms with Gasteiger partial charge in [-0.15, -0.1) is 0 Å². The number of nitrogens with zero attached hydrogens (tertiary/aromatic N) is 1. The normalized spacial score (nSPS) is 10.7. The zero-order valence-electron chi connectivity index (χ0n) is 10.3. The molecule has 0 aliphatic heterocycles. The van der Waals surface area contributed by atoms with Crippen molar-refractivity contribution in [2.75, 3.05) is 0 Å². The second kappa shape index (κ2) is 4.61. The molecule has 0 bridgehead atoms. The van der Waals surface area contributed by atoms with Crippen LogP contribution in [0.2, 0.25) is 0 Å². The van der Waals surface area contributed by atoms with Crippen molar-refractivity contribution in [1.82, 2.24) is 0 Å². The number of hydrogen-bond acceptors (Lipinski definition) is 2. The van der Waals surface area contributed by atoms with E-state index >= 15 is 0 Å². The van der Waals surface area contributed by atoms with Crippen molar-refractivity contribution in [3.8, 4) is 11.6 Å². The smallest absolute Gasteiger partial charge is 0.366 e. The Morgan fingerprint density at radius 1 is 0.842 bits per heavy atom. The van der Waals surface area contributed by atoms with E-state index in [9.17, 15) is 10.2 Å². The predicted molar refractivity (Wildman–Crippen MR) is 73.0 cm³/mol. The Hall–Kier alpha value is -2.55. The highest BCUT2D eigenvalue weighted by Crippen LogP contribution is 2.19. The maximum Gasteiger partial charge on any atom is 0.366 e. The fourth-order valence-electron chi connectivity index (χ4n) is 2.23. The van der Waals surface area contributed by atoms with Gasteiger partial charge in [-0.1, -0.05) is 30.3 Å².